The van der Waals surface area contributed by atoms with Crippen LogP contribution >= 0.6 is 0 Å². The van der Waals surface area contributed by atoms with Crippen molar-refractivity contribution in [2.45, 2.75) is 44.8 Å². The Kier molecular flexibility index (Phi) is 7.28. The van der Waals surface area contributed by atoms with Gasteiger partial charge in [0.05, 0.1) is 30.4 Å². The molecule has 0 unspecified atom stereocenters. The number of nitrogens with one attached hydrogen (secondary N) is 1. The molecular weight excluding hydrogens is 380 g/mol. The standard InChI is InChI=1S/C20H26N2O5S/c1-14(2)26-17-7-9-18(10-8-17)28(23,24)22-21-13-16-6-11-19(25-5)20(12-16)27-15(3)4/h6-15,22H,1-5H3/b21-13+. The molecule has 0 spiro atoms. The van der Waals surface area contributed by atoms with Gasteiger partial charge in [-0.15, -0.1) is 0 Å². The zero-order chi connectivity index (χ0) is 20.7. The number of benzene rings is 2. The summed E-state index contributed by atoms with van der Waals surface area (Å²) in [5.74, 6) is 1.76. The Morgan fingerprint density at radius 2 is 1.57 bits per heavy atom. The lowest BCUT2D eigenvalue weighted by Crippen LogP contribution is -2.18. The van der Waals surface area contributed by atoms with E-state index in [1.165, 1.54) is 18.3 Å². The number of hydrazone groups is 1. The summed E-state index contributed by atoms with van der Waals surface area (Å²) in [4.78, 5) is 2.30. The van der Waals surface area contributed by atoms with Gasteiger partial charge >= 0.3 is 0 Å². The molecule has 0 amide bonds. The summed E-state index contributed by atoms with van der Waals surface area (Å²) < 4.78 is 41.2. The Morgan fingerprint density at radius 1 is 0.929 bits per heavy atom. The highest BCUT2D eigenvalue weighted by Gasteiger charge is 2.13. The highest BCUT2D eigenvalue weighted by atomic mass is 32.2. The molecule has 0 saturated heterocycles. The van der Waals surface area contributed by atoms with E-state index in [-0.39, 0.29) is 17.1 Å². The Hall–Kier alpha value is -2.74. The van der Waals surface area contributed by atoms with Crippen molar-refractivity contribution in [2.75, 3.05) is 7.11 Å². The summed E-state index contributed by atoms with van der Waals surface area (Å²) in [5, 5.41) is 3.85. The lowest BCUT2D eigenvalue weighted by Gasteiger charge is -2.13. The van der Waals surface area contributed by atoms with E-state index in [0.29, 0.717) is 22.8 Å². The third-order valence-electron chi connectivity index (χ3n) is 3.44. The van der Waals surface area contributed by atoms with Crippen molar-refractivity contribution >= 4 is 16.2 Å². The maximum Gasteiger partial charge on any atom is 0.276 e. The second-order valence-electron chi connectivity index (χ2n) is 6.57. The van der Waals surface area contributed by atoms with Crippen LogP contribution < -0.4 is 19.0 Å². The van der Waals surface area contributed by atoms with Crippen molar-refractivity contribution in [3.8, 4) is 17.2 Å². The fraction of sp³-hybridized carbons (Fsp3) is 0.350. The Labute approximate surface area is 166 Å². The molecule has 0 aliphatic carbocycles. The quantitative estimate of drug-likeness (QED) is 0.508. The van der Waals surface area contributed by atoms with Gasteiger partial charge < -0.3 is 14.2 Å². The summed E-state index contributed by atoms with van der Waals surface area (Å²) >= 11 is 0. The van der Waals surface area contributed by atoms with E-state index in [9.17, 15) is 8.42 Å². The van der Waals surface area contributed by atoms with Crippen molar-refractivity contribution in [3.05, 3.63) is 48.0 Å². The van der Waals surface area contributed by atoms with Crippen LogP contribution in [-0.2, 0) is 10.0 Å². The topological polar surface area (TPSA) is 86.2 Å². The Balaban J connectivity index is 2.10. The number of nitrogens with zero attached hydrogens (tertiary/aromatic N) is 1. The molecule has 28 heavy (non-hydrogen) atoms. The number of methoxy groups -OCH3 is 1. The summed E-state index contributed by atoms with van der Waals surface area (Å²) in [6, 6.07) is 11.4. The molecule has 0 bridgehead atoms. The van der Waals surface area contributed by atoms with E-state index < -0.39 is 10.0 Å². The number of sulfonamides is 1. The van der Waals surface area contributed by atoms with E-state index in [1.807, 2.05) is 27.7 Å². The van der Waals surface area contributed by atoms with E-state index in [0.717, 1.165) is 0 Å². The first-order valence-electron chi connectivity index (χ1n) is 8.87. The van der Waals surface area contributed by atoms with Crippen LogP contribution in [0.4, 0.5) is 0 Å². The second kappa shape index (κ2) is 9.45. The first-order chi connectivity index (χ1) is 13.2. The van der Waals surface area contributed by atoms with E-state index in [4.69, 9.17) is 14.2 Å². The summed E-state index contributed by atoms with van der Waals surface area (Å²) in [7, 11) is -2.22. The first-order valence-corrected chi connectivity index (χ1v) is 10.4. The predicted octanol–water partition coefficient (Wildman–Crippen LogP) is 3.58. The summed E-state index contributed by atoms with van der Waals surface area (Å²) in [6.45, 7) is 7.62. The zero-order valence-electron chi connectivity index (χ0n) is 16.7. The summed E-state index contributed by atoms with van der Waals surface area (Å²) in [5.41, 5.74) is 0.667. The van der Waals surface area contributed by atoms with Crippen LogP contribution in [0.25, 0.3) is 0 Å². The molecule has 0 aliphatic rings. The second-order valence-corrected chi connectivity index (χ2v) is 8.23. The van der Waals surface area contributed by atoms with E-state index in [1.54, 1.807) is 37.4 Å². The van der Waals surface area contributed by atoms with Crippen LogP contribution in [0.1, 0.15) is 33.3 Å². The molecule has 0 saturated carbocycles. The van der Waals surface area contributed by atoms with Crippen LogP contribution in [0.2, 0.25) is 0 Å². The minimum Gasteiger partial charge on any atom is -0.493 e. The normalized spacial score (nSPS) is 11.8. The predicted molar refractivity (Wildman–Crippen MR) is 109 cm³/mol. The molecule has 0 radical (unpaired) electrons. The molecule has 7 nitrogen and oxygen atoms in total. The Bertz CT molecular complexity index is 907. The molecule has 0 fully saturated rings. The molecule has 2 aromatic carbocycles. The molecule has 0 heterocycles. The van der Waals surface area contributed by atoms with Gasteiger partial charge in [-0.3, -0.25) is 0 Å². The minimum atomic E-state index is -3.78. The maximum atomic E-state index is 12.4. The molecule has 152 valence electrons. The SMILES string of the molecule is COc1ccc(/C=N/NS(=O)(=O)c2ccc(OC(C)C)cc2)cc1OC(C)C. The molecule has 2 aromatic rings. The van der Waals surface area contributed by atoms with Gasteiger partial charge in [0.15, 0.2) is 11.5 Å². The maximum absolute atomic E-state index is 12.4. The highest BCUT2D eigenvalue weighted by molar-refractivity contribution is 7.89. The van der Waals surface area contributed by atoms with Crippen molar-refractivity contribution in [3.63, 3.8) is 0 Å². The van der Waals surface area contributed by atoms with Gasteiger partial charge in [-0.05, 0) is 75.7 Å². The number of rotatable bonds is 9. The molecule has 1 N–H and O–H groups in total. The van der Waals surface area contributed by atoms with Crippen molar-refractivity contribution in [1.82, 2.24) is 4.83 Å². The third kappa shape index (κ3) is 6.16. The first kappa shape index (κ1) is 21.6. The van der Waals surface area contributed by atoms with Gasteiger partial charge in [0.25, 0.3) is 10.0 Å². The van der Waals surface area contributed by atoms with Crippen LogP contribution in [0.15, 0.2) is 52.5 Å². The Morgan fingerprint density at radius 3 is 2.14 bits per heavy atom. The minimum absolute atomic E-state index is 0.0132. The largest absolute Gasteiger partial charge is 0.493 e. The fourth-order valence-electron chi connectivity index (χ4n) is 2.31. The zero-order valence-corrected chi connectivity index (χ0v) is 17.5. The molecule has 0 aliphatic heterocycles. The van der Waals surface area contributed by atoms with Gasteiger partial charge in [0.2, 0.25) is 0 Å². The van der Waals surface area contributed by atoms with Gasteiger partial charge in [-0.1, -0.05) is 0 Å². The summed E-state index contributed by atoms with van der Waals surface area (Å²) in [6.07, 6.45) is 1.39. The van der Waals surface area contributed by atoms with Crippen LogP contribution in [0, 0.1) is 0 Å². The highest BCUT2D eigenvalue weighted by Crippen LogP contribution is 2.28. The molecule has 8 heteroatoms. The average Bonchev–Trinajstić information content (AvgIpc) is 2.61. The van der Waals surface area contributed by atoms with E-state index >= 15 is 0 Å². The van der Waals surface area contributed by atoms with Gasteiger partial charge in [0, 0.05) is 0 Å². The van der Waals surface area contributed by atoms with E-state index in [2.05, 4.69) is 9.93 Å². The number of ether oxygens (including phenoxy) is 3. The third-order valence-corrected chi connectivity index (χ3v) is 4.68. The van der Waals surface area contributed by atoms with Crippen LogP contribution in [0.3, 0.4) is 0 Å². The smallest absolute Gasteiger partial charge is 0.276 e. The molecule has 0 aromatic heterocycles. The fourth-order valence-corrected chi connectivity index (χ4v) is 3.10. The van der Waals surface area contributed by atoms with Gasteiger partial charge in [-0.2, -0.15) is 13.5 Å². The monoisotopic (exact) mass is 406 g/mol. The van der Waals surface area contributed by atoms with Gasteiger partial charge in [0.1, 0.15) is 5.75 Å². The van der Waals surface area contributed by atoms with Crippen molar-refractivity contribution in [1.29, 1.82) is 0 Å². The number of hydrogen-bond acceptors (Lipinski definition) is 6. The molecule has 2 rings (SSSR count). The molecular formula is C20H26N2O5S. The van der Waals surface area contributed by atoms with Crippen LogP contribution in [-0.4, -0.2) is 34.0 Å². The number of hydrogen-bond donors (Lipinski definition) is 1. The molecule has 0 atom stereocenters. The average molecular weight is 407 g/mol. The van der Waals surface area contributed by atoms with Gasteiger partial charge in [-0.25, -0.2) is 4.83 Å². The lowest BCUT2D eigenvalue weighted by molar-refractivity contribution is 0.230. The van der Waals surface area contributed by atoms with Crippen molar-refractivity contribution < 1.29 is 22.6 Å². The van der Waals surface area contributed by atoms with Crippen molar-refractivity contribution in [2.24, 2.45) is 5.10 Å². The lowest BCUT2D eigenvalue weighted by atomic mass is 10.2. The van der Waals surface area contributed by atoms with Crippen LogP contribution in [0.5, 0.6) is 17.2 Å².